The van der Waals surface area contributed by atoms with E-state index in [1.165, 1.54) is 5.56 Å². The first-order chi connectivity index (χ1) is 16.0. The molecular formula is C29H22BrNO2. The van der Waals surface area contributed by atoms with Crippen LogP contribution in [0.15, 0.2) is 105 Å². The maximum Gasteiger partial charge on any atom is 0.263 e. The Morgan fingerprint density at radius 3 is 2.33 bits per heavy atom. The van der Waals surface area contributed by atoms with E-state index in [9.17, 15) is 4.79 Å². The average molecular weight is 496 g/mol. The monoisotopic (exact) mass is 495 g/mol. The minimum Gasteiger partial charge on any atom is -0.457 e. The normalized spacial score (nSPS) is 14.8. The van der Waals surface area contributed by atoms with Crippen molar-refractivity contribution in [3.05, 3.63) is 124 Å². The van der Waals surface area contributed by atoms with Crippen LogP contribution in [-0.4, -0.2) is 5.91 Å². The number of benzene rings is 3. The Kier molecular flexibility index (Phi) is 5.61. The number of anilines is 1. The van der Waals surface area contributed by atoms with Crippen LogP contribution in [-0.2, 0) is 4.79 Å². The third-order valence-corrected chi connectivity index (χ3v) is 6.23. The molecule has 1 aliphatic rings. The number of hydrogen-bond donors (Lipinski definition) is 0. The number of carbonyl (C=O) groups excluding carboxylic acids is 1. The predicted molar refractivity (Wildman–Crippen MR) is 138 cm³/mol. The van der Waals surface area contributed by atoms with Crippen LogP contribution in [0, 0.1) is 13.8 Å². The summed E-state index contributed by atoms with van der Waals surface area (Å²) in [6, 6.07) is 27.9. The molecule has 0 fully saturated rings. The molecule has 162 valence electrons. The van der Waals surface area contributed by atoms with E-state index in [4.69, 9.17) is 4.42 Å². The van der Waals surface area contributed by atoms with Crippen LogP contribution in [0.3, 0.4) is 0 Å². The predicted octanol–water partition coefficient (Wildman–Crippen LogP) is 7.80. The summed E-state index contributed by atoms with van der Waals surface area (Å²) in [6.07, 6.45) is 3.76. The van der Waals surface area contributed by atoms with Gasteiger partial charge in [0.2, 0.25) is 0 Å². The van der Waals surface area contributed by atoms with Gasteiger partial charge in [0.1, 0.15) is 11.5 Å². The summed E-state index contributed by atoms with van der Waals surface area (Å²) < 4.78 is 7.07. The number of aryl methyl sites for hydroxylation is 2. The third-order valence-electron chi connectivity index (χ3n) is 5.70. The van der Waals surface area contributed by atoms with Crippen LogP contribution in [0.4, 0.5) is 5.69 Å². The molecule has 5 rings (SSSR count). The van der Waals surface area contributed by atoms with Gasteiger partial charge in [0.15, 0.2) is 0 Å². The Balaban J connectivity index is 1.56. The van der Waals surface area contributed by atoms with E-state index in [2.05, 4.69) is 28.9 Å². The quantitative estimate of drug-likeness (QED) is 0.270. The first kappa shape index (κ1) is 21.2. The standard InChI is InChI=1S/C29H22BrNO2/c1-19-8-14-26(20(2)16-19)31-27(21-6-4-3-5-7-21)18-23(29(31)32)17-25-13-15-28(33-25)22-9-11-24(30)12-10-22/h3-18H,1-2H3. The maximum absolute atomic E-state index is 13.6. The molecule has 3 aromatic carbocycles. The average Bonchev–Trinajstić information content (AvgIpc) is 3.40. The Labute approximate surface area is 201 Å². The number of nitrogens with zero attached hydrogens (tertiary/aromatic N) is 1. The van der Waals surface area contributed by atoms with Crippen molar-refractivity contribution in [2.75, 3.05) is 4.90 Å². The number of rotatable bonds is 4. The zero-order valence-electron chi connectivity index (χ0n) is 18.4. The first-order valence-electron chi connectivity index (χ1n) is 10.8. The van der Waals surface area contributed by atoms with E-state index < -0.39 is 0 Å². The van der Waals surface area contributed by atoms with Crippen LogP contribution in [0.25, 0.3) is 23.1 Å². The van der Waals surface area contributed by atoms with E-state index >= 15 is 0 Å². The second kappa shape index (κ2) is 8.72. The first-order valence-corrected chi connectivity index (χ1v) is 11.6. The van der Waals surface area contributed by atoms with Gasteiger partial charge in [-0.1, -0.05) is 76.1 Å². The van der Waals surface area contributed by atoms with Gasteiger partial charge in [0.05, 0.1) is 11.4 Å². The van der Waals surface area contributed by atoms with Crippen LogP contribution in [0.2, 0.25) is 0 Å². The number of hydrogen-bond acceptors (Lipinski definition) is 2. The fourth-order valence-electron chi connectivity index (χ4n) is 4.09. The molecule has 0 aliphatic carbocycles. The van der Waals surface area contributed by atoms with Crippen molar-refractivity contribution in [1.82, 2.24) is 0 Å². The molecule has 4 aromatic rings. The van der Waals surface area contributed by atoms with Gasteiger partial charge < -0.3 is 4.42 Å². The zero-order chi connectivity index (χ0) is 22.9. The molecule has 33 heavy (non-hydrogen) atoms. The van der Waals surface area contributed by atoms with Crippen LogP contribution >= 0.6 is 15.9 Å². The molecule has 0 saturated heterocycles. The summed E-state index contributed by atoms with van der Waals surface area (Å²) in [7, 11) is 0. The van der Waals surface area contributed by atoms with Crippen molar-refractivity contribution in [1.29, 1.82) is 0 Å². The Morgan fingerprint density at radius 1 is 0.848 bits per heavy atom. The van der Waals surface area contributed by atoms with E-state index in [1.807, 2.05) is 97.9 Å². The van der Waals surface area contributed by atoms with Gasteiger partial charge in [-0.2, -0.15) is 0 Å². The summed E-state index contributed by atoms with van der Waals surface area (Å²) in [6.45, 7) is 4.10. The highest BCUT2D eigenvalue weighted by Gasteiger charge is 2.31. The highest BCUT2D eigenvalue weighted by atomic mass is 79.9. The Bertz CT molecular complexity index is 1400. The minimum absolute atomic E-state index is 0.0672. The molecule has 0 atom stereocenters. The Hall–Kier alpha value is -3.63. The van der Waals surface area contributed by atoms with E-state index in [-0.39, 0.29) is 5.91 Å². The van der Waals surface area contributed by atoms with Crippen LogP contribution in [0.1, 0.15) is 22.5 Å². The van der Waals surface area contributed by atoms with Crippen molar-refractivity contribution >= 4 is 39.3 Å². The van der Waals surface area contributed by atoms with Crippen molar-refractivity contribution < 1.29 is 9.21 Å². The molecule has 0 saturated carbocycles. The van der Waals surface area contributed by atoms with Crippen LogP contribution < -0.4 is 4.90 Å². The second-order valence-electron chi connectivity index (χ2n) is 8.13. The highest BCUT2D eigenvalue weighted by molar-refractivity contribution is 9.10. The topological polar surface area (TPSA) is 33.5 Å². The van der Waals surface area contributed by atoms with Crippen molar-refractivity contribution in [2.24, 2.45) is 0 Å². The van der Waals surface area contributed by atoms with Gasteiger partial charge in [-0.25, -0.2) is 0 Å². The SMILES string of the molecule is Cc1ccc(N2C(=O)C(=Cc3ccc(-c4ccc(Br)cc4)o3)C=C2c2ccccc2)c(C)c1. The molecule has 0 unspecified atom stereocenters. The molecule has 0 spiro atoms. The van der Waals surface area contributed by atoms with E-state index in [1.54, 1.807) is 4.90 Å². The van der Waals surface area contributed by atoms with Gasteiger partial charge in [0, 0.05) is 15.6 Å². The lowest BCUT2D eigenvalue weighted by atomic mass is 10.1. The number of carbonyl (C=O) groups is 1. The lowest BCUT2D eigenvalue weighted by Crippen LogP contribution is -2.25. The number of furan rings is 1. The summed E-state index contributed by atoms with van der Waals surface area (Å²) in [5.74, 6) is 1.34. The van der Waals surface area contributed by atoms with Gasteiger partial charge >= 0.3 is 0 Å². The molecule has 3 nitrogen and oxygen atoms in total. The van der Waals surface area contributed by atoms with Crippen molar-refractivity contribution in [2.45, 2.75) is 13.8 Å². The van der Waals surface area contributed by atoms with Crippen LogP contribution in [0.5, 0.6) is 0 Å². The largest absolute Gasteiger partial charge is 0.457 e. The summed E-state index contributed by atoms with van der Waals surface area (Å²) in [5.41, 5.74) is 6.53. The number of halogens is 1. The lowest BCUT2D eigenvalue weighted by molar-refractivity contribution is -0.113. The van der Waals surface area contributed by atoms with Gasteiger partial charge in [0.25, 0.3) is 5.91 Å². The van der Waals surface area contributed by atoms with E-state index in [0.29, 0.717) is 11.3 Å². The molecule has 0 bridgehead atoms. The van der Waals surface area contributed by atoms with Gasteiger partial charge in [-0.05, 0) is 67.5 Å². The van der Waals surface area contributed by atoms with E-state index in [0.717, 1.165) is 38.3 Å². The lowest BCUT2D eigenvalue weighted by Gasteiger charge is -2.23. The number of amides is 1. The third kappa shape index (κ3) is 4.22. The smallest absolute Gasteiger partial charge is 0.263 e. The molecule has 1 amide bonds. The van der Waals surface area contributed by atoms with Crippen molar-refractivity contribution in [3.8, 4) is 11.3 Å². The fourth-order valence-corrected chi connectivity index (χ4v) is 4.35. The molecule has 1 aliphatic heterocycles. The van der Waals surface area contributed by atoms with Gasteiger partial charge in [-0.3, -0.25) is 9.69 Å². The molecule has 2 heterocycles. The van der Waals surface area contributed by atoms with Gasteiger partial charge in [-0.15, -0.1) is 0 Å². The Morgan fingerprint density at radius 2 is 1.61 bits per heavy atom. The molecule has 4 heteroatoms. The maximum atomic E-state index is 13.6. The summed E-state index contributed by atoms with van der Waals surface area (Å²) in [4.78, 5) is 15.4. The molecule has 1 aromatic heterocycles. The zero-order valence-corrected chi connectivity index (χ0v) is 20.0. The minimum atomic E-state index is -0.0672. The van der Waals surface area contributed by atoms with Crippen molar-refractivity contribution in [3.63, 3.8) is 0 Å². The molecular weight excluding hydrogens is 474 g/mol. The summed E-state index contributed by atoms with van der Waals surface area (Å²) >= 11 is 3.46. The molecule has 0 N–H and O–H groups in total. The fraction of sp³-hybridized carbons (Fsp3) is 0.0690. The second-order valence-corrected chi connectivity index (χ2v) is 9.05. The molecule has 0 radical (unpaired) electrons. The summed E-state index contributed by atoms with van der Waals surface area (Å²) in [5, 5.41) is 0. The highest BCUT2D eigenvalue weighted by Crippen LogP contribution is 2.37.